The second-order valence-electron chi connectivity index (χ2n) is 7.38. The number of carbonyl (C=O) groups is 1. The highest BCUT2D eigenvalue weighted by Gasteiger charge is 2.22. The third kappa shape index (κ3) is 5.25. The topological polar surface area (TPSA) is 85.6 Å². The highest BCUT2D eigenvalue weighted by molar-refractivity contribution is 7.98. The van der Waals surface area contributed by atoms with Crippen molar-refractivity contribution in [1.29, 1.82) is 0 Å². The zero-order chi connectivity index (χ0) is 24.2. The quantitative estimate of drug-likeness (QED) is 0.311. The van der Waals surface area contributed by atoms with Crippen LogP contribution in [0.2, 0.25) is 0 Å². The van der Waals surface area contributed by atoms with E-state index in [1.807, 2.05) is 19.9 Å². The van der Waals surface area contributed by atoms with Gasteiger partial charge in [-0.05, 0) is 56.3 Å². The lowest BCUT2D eigenvalue weighted by Gasteiger charge is -2.10. The summed E-state index contributed by atoms with van der Waals surface area (Å²) in [6.45, 7) is 3.33. The first-order chi connectivity index (χ1) is 16.3. The molecule has 0 unspecified atom stereocenters. The number of halogens is 3. The van der Waals surface area contributed by atoms with E-state index < -0.39 is 23.4 Å². The van der Waals surface area contributed by atoms with E-state index in [4.69, 9.17) is 0 Å². The summed E-state index contributed by atoms with van der Waals surface area (Å²) in [4.78, 5) is 21.7. The van der Waals surface area contributed by atoms with Crippen molar-refractivity contribution in [3.8, 4) is 5.69 Å². The Labute approximate surface area is 197 Å². The summed E-state index contributed by atoms with van der Waals surface area (Å²) in [5, 5.41) is 11.0. The molecule has 0 saturated carbocycles. The molecule has 2 heterocycles. The molecule has 0 radical (unpaired) electrons. The van der Waals surface area contributed by atoms with Gasteiger partial charge in [0.1, 0.15) is 17.5 Å². The van der Waals surface area contributed by atoms with Gasteiger partial charge in [-0.1, -0.05) is 23.0 Å². The number of thioether (sulfide) groups is 1. The van der Waals surface area contributed by atoms with Crippen LogP contribution in [0.15, 0.2) is 53.7 Å². The minimum atomic E-state index is -0.766. The zero-order valence-corrected chi connectivity index (χ0v) is 19.0. The van der Waals surface area contributed by atoms with E-state index in [-0.39, 0.29) is 23.6 Å². The maximum atomic E-state index is 13.9. The number of amides is 1. The van der Waals surface area contributed by atoms with Crippen molar-refractivity contribution < 1.29 is 18.0 Å². The first-order valence-corrected chi connectivity index (χ1v) is 11.2. The van der Waals surface area contributed by atoms with Crippen LogP contribution in [0.3, 0.4) is 0 Å². The molecule has 0 saturated heterocycles. The molecule has 4 rings (SSSR count). The molecule has 0 aliphatic rings. The highest BCUT2D eigenvalue weighted by Crippen LogP contribution is 2.24. The van der Waals surface area contributed by atoms with E-state index in [9.17, 15) is 18.0 Å². The number of hydrogen-bond acceptors (Lipinski definition) is 6. The Morgan fingerprint density at radius 1 is 1.00 bits per heavy atom. The maximum absolute atomic E-state index is 13.9. The lowest BCUT2D eigenvalue weighted by molar-refractivity contribution is 0.0944. The summed E-state index contributed by atoms with van der Waals surface area (Å²) in [7, 11) is 0. The first kappa shape index (κ1) is 23.4. The van der Waals surface area contributed by atoms with Crippen LogP contribution in [-0.4, -0.2) is 30.9 Å². The predicted molar refractivity (Wildman–Crippen MR) is 120 cm³/mol. The van der Waals surface area contributed by atoms with E-state index in [2.05, 4.69) is 25.6 Å². The maximum Gasteiger partial charge on any atom is 0.274 e. The van der Waals surface area contributed by atoms with E-state index in [0.717, 1.165) is 23.5 Å². The van der Waals surface area contributed by atoms with Gasteiger partial charge in [0.05, 0.1) is 11.4 Å². The summed E-state index contributed by atoms with van der Waals surface area (Å²) in [5.41, 5.74) is 2.19. The van der Waals surface area contributed by atoms with Gasteiger partial charge in [-0.2, -0.15) is 0 Å². The second-order valence-corrected chi connectivity index (χ2v) is 8.32. The highest BCUT2D eigenvalue weighted by atomic mass is 32.2. The van der Waals surface area contributed by atoms with Crippen LogP contribution in [0.5, 0.6) is 0 Å². The monoisotopic (exact) mass is 484 g/mol. The minimum Gasteiger partial charge on any atom is -0.346 e. The molecular weight excluding hydrogens is 465 g/mol. The van der Waals surface area contributed by atoms with Crippen molar-refractivity contribution in [2.45, 2.75) is 31.3 Å². The van der Waals surface area contributed by atoms with Gasteiger partial charge in [-0.15, -0.1) is 5.10 Å². The molecule has 0 atom stereocenters. The largest absolute Gasteiger partial charge is 0.346 e. The second kappa shape index (κ2) is 10.0. The Morgan fingerprint density at radius 2 is 1.65 bits per heavy atom. The fourth-order valence-electron chi connectivity index (χ4n) is 3.24. The van der Waals surface area contributed by atoms with Gasteiger partial charge in [0, 0.05) is 29.2 Å². The van der Waals surface area contributed by atoms with Crippen LogP contribution < -0.4 is 5.32 Å². The van der Waals surface area contributed by atoms with E-state index in [1.165, 1.54) is 46.8 Å². The average Bonchev–Trinajstić information content (AvgIpc) is 3.21. The Bertz CT molecular complexity index is 1300. The Hall–Kier alpha value is -3.73. The standard InChI is InChI=1S/C23H19F3N6OS/c1-13-10-14(2)29-23(28-13)34-12-20-21(30-31-32(20)16-8-6-15(24)7-9-16)22(33)27-11-17-18(25)4-3-5-19(17)26/h3-10H,11-12H2,1-2H3,(H,27,33). The number of hydrogen-bond donors (Lipinski definition) is 1. The van der Waals surface area contributed by atoms with E-state index in [1.54, 1.807) is 0 Å². The number of rotatable bonds is 7. The molecule has 1 amide bonds. The third-order valence-corrected chi connectivity index (χ3v) is 5.70. The molecule has 0 fully saturated rings. The summed E-state index contributed by atoms with van der Waals surface area (Å²) in [6.07, 6.45) is 0. The zero-order valence-electron chi connectivity index (χ0n) is 18.2. The Kier molecular flexibility index (Phi) is 6.92. The van der Waals surface area contributed by atoms with Gasteiger partial charge in [-0.3, -0.25) is 4.79 Å². The van der Waals surface area contributed by atoms with E-state index >= 15 is 0 Å². The molecule has 2 aromatic heterocycles. The SMILES string of the molecule is Cc1cc(C)nc(SCc2c(C(=O)NCc3c(F)cccc3F)nnn2-c2ccc(F)cc2)n1. The minimum absolute atomic E-state index is 0.0297. The fourth-order valence-corrected chi connectivity index (χ4v) is 4.18. The van der Waals surface area contributed by atoms with E-state index in [0.29, 0.717) is 16.5 Å². The normalized spacial score (nSPS) is 11.0. The van der Waals surface area contributed by atoms with Gasteiger partial charge < -0.3 is 5.32 Å². The van der Waals surface area contributed by atoms with Gasteiger partial charge in [-0.25, -0.2) is 27.8 Å². The Balaban J connectivity index is 1.63. The molecule has 7 nitrogen and oxygen atoms in total. The molecule has 0 aliphatic heterocycles. The van der Waals surface area contributed by atoms with Crippen molar-refractivity contribution in [1.82, 2.24) is 30.3 Å². The first-order valence-electron chi connectivity index (χ1n) is 10.2. The summed E-state index contributed by atoms with van der Waals surface area (Å²) in [5.74, 6) is -2.40. The third-order valence-electron chi connectivity index (χ3n) is 4.84. The number of carbonyl (C=O) groups excluding carboxylic acids is 1. The fraction of sp³-hybridized carbons (Fsp3) is 0.174. The summed E-state index contributed by atoms with van der Waals surface area (Å²) < 4.78 is 42.7. The molecule has 34 heavy (non-hydrogen) atoms. The van der Waals surface area contributed by atoms with Crippen molar-refractivity contribution >= 4 is 17.7 Å². The van der Waals surface area contributed by atoms with Crippen LogP contribution in [0.4, 0.5) is 13.2 Å². The van der Waals surface area contributed by atoms with Crippen LogP contribution in [0.1, 0.15) is 33.1 Å². The molecule has 174 valence electrons. The van der Waals surface area contributed by atoms with Crippen molar-refractivity contribution in [3.05, 3.63) is 94.3 Å². The molecule has 11 heteroatoms. The van der Waals surface area contributed by atoms with Crippen molar-refractivity contribution in [2.24, 2.45) is 0 Å². The van der Waals surface area contributed by atoms with Crippen LogP contribution >= 0.6 is 11.8 Å². The molecule has 0 bridgehead atoms. The number of benzene rings is 2. The van der Waals surface area contributed by atoms with Crippen LogP contribution in [0.25, 0.3) is 5.69 Å². The van der Waals surface area contributed by atoms with Crippen molar-refractivity contribution in [2.75, 3.05) is 0 Å². The average molecular weight is 485 g/mol. The lowest BCUT2D eigenvalue weighted by atomic mass is 10.2. The number of aryl methyl sites for hydroxylation is 2. The number of nitrogens with zero attached hydrogens (tertiary/aromatic N) is 5. The summed E-state index contributed by atoms with van der Waals surface area (Å²) in [6, 6.07) is 10.8. The Morgan fingerprint density at radius 3 is 2.29 bits per heavy atom. The lowest BCUT2D eigenvalue weighted by Crippen LogP contribution is -2.25. The molecule has 4 aromatic rings. The summed E-state index contributed by atoms with van der Waals surface area (Å²) >= 11 is 1.27. The van der Waals surface area contributed by atoms with Crippen LogP contribution in [0, 0.1) is 31.3 Å². The van der Waals surface area contributed by atoms with Gasteiger partial charge in [0.15, 0.2) is 10.9 Å². The molecule has 0 spiro atoms. The predicted octanol–water partition coefficient (Wildman–Crippen LogP) is 4.31. The number of aromatic nitrogens is 5. The van der Waals surface area contributed by atoms with Crippen molar-refractivity contribution in [3.63, 3.8) is 0 Å². The number of nitrogens with one attached hydrogen (secondary N) is 1. The molecule has 2 aromatic carbocycles. The smallest absolute Gasteiger partial charge is 0.274 e. The van der Waals surface area contributed by atoms with Crippen LogP contribution in [-0.2, 0) is 12.3 Å². The molecule has 1 N–H and O–H groups in total. The molecular formula is C23H19F3N6OS. The van der Waals surface area contributed by atoms with Gasteiger partial charge in [0.25, 0.3) is 5.91 Å². The van der Waals surface area contributed by atoms with Gasteiger partial charge >= 0.3 is 0 Å². The van der Waals surface area contributed by atoms with Gasteiger partial charge in [0.2, 0.25) is 0 Å². The molecule has 0 aliphatic carbocycles.